The summed E-state index contributed by atoms with van der Waals surface area (Å²) >= 11 is 0. The normalized spacial score (nSPS) is 11.4. The molecular formula is C16H23NO2. The van der Waals surface area contributed by atoms with E-state index in [4.69, 9.17) is 9.47 Å². The van der Waals surface area contributed by atoms with E-state index in [2.05, 4.69) is 36.2 Å². The van der Waals surface area contributed by atoms with Crippen LogP contribution in [0.3, 0.4) is 0 Å². The SMILES string of the molecule is CC#CCCC(NCC)c1cc(OC)cc(OC)c1. The highest BCUT2D eigenvalue weighted by molar-refractivity contribution is 5.39. The van der Waals surface area contributed by atoms with Crippen molar-refractivity contribution >= 4 is 0 Å². The van der Waals surface area contributed by atoms with E-state index in [-0.39, 0.29) is 6.04 Å². The number of ether oxygens (including phenoxy) is 2. The summed E-state index contributed by atoms with van der Waals surface area (Å²) in [5.41, 5.74) is 1.18. The predicted octanol–water partition coefficient (Wildman–Crippen LogP) is 3.16. The lowest BCUT2D eigenvalue weighted by Gasteiger charge is -2.19. The van der Waals surface area contributed by atoms with Crippen LogP contribution >= 0.6 is 0 Å². The number of methoxy groups -OCH3 is 2. The van der Waals surface area contributed by atoms with E-state index in [9.17, 15) is 0 Å². The summed E-state index contributed by atoms with van der Waals surface area (Å²) in [6, 6.07) is 6.26. The van der Waals surface area contributed by atoms with E-state index in [1.54, 1.807) is 14.2 Å². The van der Waals surface area contributed by atoms with Crippen molar-refractivity contribution in [3.05, 3.63) is 23.8 Å². The zero-order valence-electron chi connectivity index (χ0n) is 12.2. The molecule has 0 saturated carbocycles. The first-order chi connectivity index (χ1) is 9.24. The first-order valence-corrected chi connectivity index (χ1v) is 6.61. The van der Waals surface area contributed by atoms with Crippen molar-refractivity contribution in [3.63, 3.8) is 0 Å². The van der Waals surface area contributed by atoms with Crippen molar-refractivity contribution in [1.29, 1.82) is 0 Å². The Morgan fingerprint density at radius 3 is 2.26 bits per heavy atom. The van der Waals surface area contributed by atoms with E-state index in [1.165, 1.54) is 5.56 Å². The van der Waals surface area contributed by atoms with Gasteiger partial charge in [0.15, 0.2) is 0 Å². The van der Waals surface area contributed by atoms with Crippen LogP contribution in [0.25, 0.3) is 0 Å². The summed E-state index contributed by atoms with van der Waals surface area (Å²) in [6.45, 7) is 4.90. The Hall–Kier alpha value is -1.66. The second kappa shape index (κ2) is 8.44. The molecule has 1 aromatic carbocycles. The molecule has 0 aliphatic carbocycles. The van der Waals surface area contributed by atoms with Gasteiger partial charge >= 0.3 is 0 Å². The minimum Gasteiger partial charge on any atom is -0.497 e. The summed E-state index contributed by atoms with van der Waals surface area (Å²) in [5.74, 6) is 7.68. The minimum atomic E-state index is 0.273. The van der Waals surface area contributed by atoms with Gasteiger partial charge in [0.25, 0.3) is 0 Å². The molecule has 0 aromatic heterocycles. The highest BCUT2D eigenvalue weighted by Gasteiger charge is 2.12. The van der Waals surface area contributed by atoms with Crippen molar-refractivity contribution < 1.29 is 9.47 Å². The molecule has 0 aliphatic rings. The summed E-state index contributed by atoms with van der Waals surface area (Å²) in [4.78, 5) is 0. The van der Waals surface area contributed by atoms with Crippen LogP contribution in [-0.2, 0) is 0 Å². The third-order valence-electron chi connectivity index (χ3n) is 2.96. The maximum Gasteiger partial charge on any atom is 0.122 e. The van der Waals surface area contributed by atoms with Gasteiger partial charge in [0.1, 0.15) is 11.5 Å². The fourth-order valence-electron chi connectivity index (χ4n) is 2.01. The van der Waals surface area contributed by atoms with Crippen LogP contribution in [0.4, 0.5) is 0 Å². The zero-order chi connectivity index (χ0) is 14.1. The van der Waals surface area contributed by atoms with Gasteiger partial charge in [-0.1, -0.05) is 6.92 Å². The van der Waals surface area contributed by atoms with Crippen LogP contribution < -0.4 is 14.8 Å². The molecule has 1 N–H and O–H groups in total. The van der Waals surface area contributed by atoms with Crippen LogP contribution in [0.1, 0.15) is 38.3 Å². The third kappa shape index (κ3) is 4.84. The molecule has 0 aliphatic heterocycles. The van der Waals surface area contributed by atoms with Gasteiger partial charge < -0.3 is 14.8 Å². The van der Waals surface area contributed by atoms with E-state index in [0.717, 1.165) is 30.9 Å². The molecule has 0 heterocycles. The van der Waals surface area contributed by atoms with Crippen molar-refractivity contribution in [3.8, 4) is 23.3 Å². The Balaban J connectivity index is 2.94. The van der Waals surface area contributed by atoms with Crippen molar-refractivity contribution in [1.82, 2.24) is 5.32 Å². The van der Waals surface area contributed by atoms with Gasteiger partial charge in [0.05, 0.1) is 14.2 Å². The second-order valence-electron chi connectivity index (χ2n) is 4.22. The fourth-order valence-corrected chi connectivity index (χ4v) is 2.01. The Bertz CT molecular complexity index is 424. The summed E-state index contributed by atoms with van der Waals surface area (Å²) in [5, 5.41) is 3.48. The molecule has 0 spiro atoms. The van der Waals surface area contributed by atoms with Gasteiger partial charge in [0.2, 0.25) is 0 Å². The van der Waals surface area contributed by atoms with E-state index in [1.807, 2.05) is 13.0 Å². The van der Waals surface area contributed by atoms with E-state index >= 15 is 0 Å². The molecule has 0 saturated heterocycles. The van der Waals surface area contributed by atoms with Gasteiger partial charge in [-0.3, -0.25) is 0 Å². The summed E-state index contributed by atoms with van der Waals surface area (Å²) < 4.78 is 10.6. The second-order valence-corrected chi connectivity index (χ2v) is 4.22. The molecule has 3 heteroatoms. The topological polar surface area (TPSA) is 30.5 Å². The average Bonchev–Trinajstić information content (AvgIpc) is 2.46. The van der Waals surface area contributed by atoms with Gasteiger partial charge in [-0.2, -0.15) is 0 Å². The Morgan fingerprint density at radius 1 is 1.16 bits per heavy atom. The molecule has 1 rings (SSSR count). The summed E-state index contributed by atoms with van der Waals surface area (Å²) in [7, 11) is 3.34. The minimum absolute atomic E-state index is 0.273. The number of hydrogen-bond donors (Lipinski definition) is 1. The zero-order valence-corrected chi connectivity index (χ0v) is 12.2. The standard InChI is InChI=1S/C16H23NO2/c1-5-7-8-9-16(17-6-2)13-10-14(18-3)12-15(11-13)19-4/h10-12,16-17H,6,8-9H2,1-4H3. The number of hydrogen-bond acceptors (Lipinski definition) is 3. The van der Waals surface area contributed by atoms with Crippen LogP contribution in [0.2, 0.25) is 0 Å². The first-order valence-electron chi connectivity index (χ1n) is 6.61. The predicted molar refractivity (Wildman–Crippen MR) is 78.6 cm³/mol. The fraction of sp³-hybridized carbons (Fsp3) is 0.500. The molecule has 1 unspecified atom stereocenters. The molecule has 1 aromatic rings. The summed E-state index contributed by atoms with van der Waals surface area (Å²) in [6.07, 6.45) is 1.86. The molecule has 19 heavy (non-hydrogen) atoms. The molecule has 3 nitrogen and oxygen atoms in total. The molecule has 0 amide bonds. The smallest absolute Gasteiger partial charge is 0.122 e. The van der Waals surface area contributed by atoms with Gasteiger partial charge in [0, 0.05) is 18.5 Å². The molecule has 104 valence electrons. The van der Waals surface area contributed by atoms with Crippen molar-refractivity contribution in [2.75, 3.05) is 20.8 Å². The number of nitrogens with one attached hydrogen (secondary N) is 1. The van der Waals surface area contributed by atoms with Crippen molar-refractivity contribution in [2.45, 2.75) is 32.7 Å². The largest absolute Gasteiger partial charge is 0.497 e. The van der Waals surface area contributed by atoms with Crippen LogP contribution in [0.5, 0.6) is 11.5 Å². The van der Waals surface area contributed by atoms with Crippen LogP contribution in [0, 0.1) is 11.8 Å². The van der Waals surface area contributed by atoms with Crippen LogP contribution in [0.15, 0.2) is 18.2 Å². The highest BCUT2D eigenvalue weighted by Crippen LogP contribution is 2.28. The van der Waals surface area contributed by atoms with E-state index in [0.29, 0.717) is 0 Å². The quantitative estimate of drug-likeness (QED) is 0.765. The maximum absolute atomic E-state index is 5.32. The highest BCUT2D eigenvalue weighted by atomic mass is 16.5. The molecular weight excluding hydrogens is 238 g/mol. The third-order valence-corrected chi connectivity index (χ3v) is 2.96. The van der Waals surface area contributed by atoms with Gasteiger partial charge in [-0.15, -0.1) is 11.8 Å². The molecule has 0 fully saturated rings. The van der Waals surface area contributed by atoms with Gasteiger partial charge in [-0.05, 0) is 37.6 Å². The lowest BCUT2D eigenvalue weighted by Crippen LogP contribution is -2.20. The Morgan fingerprint density at radius 2 is 1.79 bits per heavy atom. The molecule has 1 atom stereocenters. The molecule has 0 bridgehead atoms. The van der Waals surface area contributed by atoms with E-state index < -0.39 is 0 Å². The number of benzene rings is 1. The van der Waals surface area contributed by atoms with Crippen LogP contribution in [-0.4, -0.2) is 20.8 Å². The monoisotopic (exact) mass is 261 g/mol. The maximum atomic E-state index is 5.32. The lowest BCUT2D eigenvalue weighted by molar-refractivity contribution is 0.391. The Labute approximate surface area is 116 Å². The first kappa shape index (κ1) is 15.4. The number of rotatable bonds is 7. The lowest BCUT2D eigenvalue weighted by atomic mass is 10.0. The Kier molecular flexibility index (Phi) is 6.84. The average molecular weight is 261 g/mol. The van der Waals surface area contributed by atoms with Gasteiger partial charge in [-0.25, -0.2) is 0 Å². The van der Waals surface area contributed by atoms with Crippen molar-refractivity contribution in [2.24, 2.45) is 0 Å². The molecule has 0 radical (unpaired) electrons.